The van der Waals surface area contributed by atoms with E-state index in [1.54, 1.807) is 7.05 Å². The van der Waals surface area contributed by atoms with Gasteiger partial charge in [0.15, 0.2) is 0 Å². The van der Waals surface area contributed by atoms with Crippen LogP contribution >= 0.6 is 0 Å². The van der Waals surface area contributed by atoms with E-state index in [2.05, 4.69) is 24.4 Å². The number of unbranched alkanes of at least 4 members (excludes halogenated alkanes) is 5. The van der Waals surface area contributed by atoms with Crippen molar-refractivity contribution in [1.29, 1.82) is 0 Å². The van der Waals surface area contributed by atoms with Crippen LogP contribution in [0, 0.1) is 5.92 Å². The Balaban J connectivity index is 2.35. The number of carbonyl (C=O) groups excluding carboxylic acids is 1. The average Bonchev–Trinajstić information content (AvgIpc) is 2.49. The Morgan fingerprint density at radius 2 is 1.70 bits per heavy atom. The number of rotatable bonds is 10. The minimum atomic E-state index is 0.119. The predicted molar refractivity (Wildman–Crippen MR) is 85.7 cm³/mol. The molecule has 0 fully saturated rings. The Morgan fingerprint density at radius 3 is 2.35 bits per heavy atom. The molecule has 0 aliphatic heterocycles. The second-order valence-electron chi connectivity index (χ2n) is 5.56. The Morgan fingerprint density at radius 1 is 1.05 bits per heavy atom. The van der Waals surface area contributed by atoms with Crippen molar-refractivity contribution in [3.05, 3.63) is 35.9 Å². The van der Waals surface area contributed by atoms with Gasteiger partial charge in [0, 0.05) is 13.0 Å². The summed E-state index contributed by atoms with van der Waals surface area (Å²) in [4.78, 5) is 12.0. The van der Waals surface area contributed by atoms with E-state index in [4.69, 9.17) is 0 Å². The summed E-state index contributed by atoms with van der Waals surface area (Å²) in [6, 6.07) is 10.3. The molecule has 112 valence electrons. The molecule has 0 heterocycles. The van der Waals surface area contributed by atoms with Gasteiger partial charge in [-0.3, -0.25) is 4.79 Å². The Labute approximate surface area is 124 Å². The molecule has 0 aliphatic rings. The molecule has 0 saturated carbocycles. The molecule has 1 amide bonds. The highest BCUT2D eigenvalue weighted by atomic mass is 16.1. The fourth-order valence-electron chi connectivity index (χ4n) is 2.60. The third-order valence-corrected chi connectivity index (χ3v) is 3.85. The van der Waals surface area contributed by atoms with E-state index in [1.807, 2.05) is 18.2 Å². The van der Waals surface area contributed by atoms with E-state index in [0.29, 0.717) is 0 Å². The maximum absolute atomic E-state index is 12.0. The smallest absolute Gasteiger partial charge is 0.223 e. The van der Waals surface area contributed by atoms with Gasteiger partial charge < -0.3 is 5.32 Å². The fourth-order valence-corrected chi connectivity index (χ4v) is 2.60. The van der Waals surface area contributed by atoms with Crippen molar-refractivity contribution in [2.75, 3.05) is 7.05 Å². The molecule has 0 saturated heterocycles. The molecule has 0 aromatic heterocycles. The maximum Gasteiger partial charge on any atom is 0.223 e. The van der Waals surface area contributed by atoms with Gasteiger partial charge in [0.05, 0.1) is 0 Å². The zero-order chi connectivity index (χ0) is 14.6. The van der Waals surface area contributed by atoms with Crippen LogP contribution in [-0.4, -0.2) is 13.0 Å². The predicted octanol–water partition coefficient (Wildman–Crippen LogP) is 4.34. The number of amides is 1. The van der Waals surface area contributed by atoms with Gasteiger partial charge in [0.25, 0.3) is 0 Å². The van der Waals surface area contributed by atoms with Gasteiger partial charge in [-0.25, -0.2) is 0 Å². The number of carbonyl (C=O) groups is 1. The highest BCUT2D eigenvalue weighted by Gasteiger charge is 2.17. The summed E-state index contributed by atoms with van der Waals surface area (Å²) >= 11 is 0. The molecule has 0 spiro atoms. The van der Waals surface area contributed by atoms with Crippen molar-refractivity contribution in [3.63, 3.8) is 0 Å². The second-order valence-corrected chi connectivity index (χ2v) is 5.56. The minimum Gasteiger partial charge on any atom is -0.359 e. The van der Waals surface area contributed by atoms with Crippen molar-refractivity contribution < 1.29 is 4.79 Å². The molecule has 0 radical (unpaired) electrons. The molecule has 0 aliphatic carbocycles. The highest BCUT2D eigenvalue weighted by Crippen LogP contribution is 2.17. The molecular weight excluding hydrogens is 246 g/mol. The van der Waals surface area contributed by atoms with Crippen molar-refractivity contribution >= 4 is 5.91 Å². The van der Waals surface area contributed by atoms with Crippen molar-refractivity contribution in [2.24, 2.45) is 5.92 Å². The Kier molecular flexibility index (Phi) is 8.77. The van der Waals surface area contributed by atoms with Crippen LogP contribution in [0.3, 0.4) is 0 Å². The molecule has 2 nitrogen and oxygen atoms in total. The van der Waals surface area contributed by atoms with Crippen LogP contribution in [-0.2, 0) is 11.2 Å². The first kappa shape index (κ1) is 16.7. The van der Waals surface area contributed by atoms with Crippen molar-refractivity contribution in [1.82, 2.24) is 5.32 Å². The van der Waals surface area contributed by atoms with E-state index in [0.717, 1.165) is 19.3 Å². The molecule has 1 atom stereocenters. The molecule has 1 unspecified atom stereocenters. The molecule has 20 heavy (non-hydrogen) atoms. The summed E-state index contributed by atoms with van der Waals surface area (Å²) in [6.07, 6.45) is 9.53. The molecular formula is C18H29NO. The summed E-state index contributed by atoms with van der Waals surface area (Å²) in [7, 11) is 1.74. The first-order chi connectivity index (χ1) is 9.77. The monoisotopic (exact) mass is 275 g/mol. The summed E-state index contributed by atoms with van der Waals surface area (Å²) in [5.74, 6) is 0.302. The Bertz CT molecular complexity index is 361. The van der Waals surface area contributed by atoms with Crippen LogP contribution in [0.4, 0.5) is 0 Å². The zero-order valence-corrected chi connectivity index (χ0v) is 13.0. The first-order valence-electron chi connectivity index (χ1n) is 8.03. The van der Waals surface area contributed by atoms with Crippen LogP contribution in [0.5, 0.6) is 0 Å². The topological polar surface area (TPSA) is 29.1 Å². The lowest BCUT2D eigenvalue weighted by Crippen LogP contribution is -2.28. The van der Waals surface area contributed by atoms with E-state index in [1.165, 1.54) is 37.7 Å². The molecule has 1 aromatic rings. The molecule has 1 rings (SSSR count). The Hall–Kier alpha value is -1.31. The standard InChI is InChI=1S/C18H29NO/c1-3-4-5-6-7-11-14-17(18(20)19-2)15-16-12-9-8-10-13-16/h8-10,12-13,17H,3-7,11,14-15H2,1-2H3,(H,19,20). The number of hydrogen-bond acceptors (Lipinski definition) is 1. The molecule has 2 heteroatoms. The van der Waals surface area contributed by atoms with Gasteiger partial charge in [0.2, 0.25) is 5.91 Å². The highest BCUT2D eigenvalue weighted by molar-refractivity contribution is 5.78. The van der Waals surface area contributed by atoms with Crippen LogP contribution < -0.4 is 5.32 Å². The van der Waals surface area contributed by atoms with Crippen LogP contribution in [0.1, 0.15) is 57.4 Å². The number of benzene rings is 1. The summed E-state index contributed by atoms with van der Waals surface area (Å²) in [5.41, 5.74) is 1.26. The van der Waals surface area contributed by atoms with Gasteiger partial charge in [0.1, 0.15) is 0 Å². The van der Waals surface area contributed by atoms with Gasteiger partial charge in [-0.2, -0.15) is 0 Å². The third-order valence-electron chi connectivity index (χ3n) is 3.85. The van der Waals surface area contributed by atoms with E-state index >= 15 is 0 Å². The van der Waals surface area contributed by atoms with Crippen molar-refractivity contribution in [3.8, 4) is 0 Å². The number of hydrogen-bond donors (Lipinski definition) is 1. The van der Waals surface area contributed by atoms with Crippen molar-refractivity contribution in [2.45, 2.75) is 58.3 Å². The fraction of sp³-hybridized carbons (Fsp3) is 0.611. The second kappa shape index (κ2) is 10.5. The van der Waals surface area contributed by atoms with Crippen LogP contribution in [0.25, 0.3) is 0 Å². The van der Waals surface area contributed by atoms with E-state index in [9.17, 15) is 4.79 Å². The minimum absolute atomic E-state index is 0.119. The van der Waals surface area contributed by atoms with E-state index < -0.39 is 0 Å². The first-order valence-corrected chi connectivity index (χ1v) is 8.03. The molecule has 1 N–H and O–H groups in total. The lowest BCUT2D eigenvalue weighted by atomic mass is 9.92. The SMILES string of the molecule is CCCCCCCCC(Cc1ccccc1)C(=O)NC. The van der Waals surface area contributed by atoms with Gasteiger partial charge in [-0.15, -0.1) is 0 Å². The summed E-state index contributed by atoms with van der Waals surface area (Å²) < 4.78 is 0. The van der Waals surface area contributed by atoms with Crippen LogP contribution in [0.15, 0.2) is 30.3 Å². The molecule has 1 aromatic carbocycles. The number of nitrogens with one attached hydrogen (secondary N) is 1. The van der Waals surface area contributed by atoms with Gasteiger partial charge >= 0.3 is 0 Å². The van der Waals surface area contributed by atoms with Gasteiger partial charge in [-0.1, -0.05) is 75.8 Å². The maximum atomic E-state index is 12.0. The lowest BCUT2D eigenvalue weighted by Gasteiger charge is -2.15. The van der Waals surface area contributed by atoms with Gasteiger partial charge in [-0.05, 0) is 18.4 Å². The van der Waals surface area contributed by atoms with E-state index in [-0.39, 0.29) is 11.8 Å². The van der Waals surface area contributed by atoms with Crippen LogP contribution in [0.2, 0.25) is 0 Å². The summed E-state index contributed by atoms with van der Waals surface area (Å²) in [5, 5.41) is 2.81. The third kappa shape index (κ3) is 6.74. The normalized spacial score (nSPS) is 12.1. The quantitative estimate of drug-likeness (QED) is 0.632. The zero-order valence-electron chi connectivity index (χ0n) is 13.0. The largest absolute Gasteiger partial charge is 0.359 e. The summed E-state index contributed by atoms with van der Waals surface area (Å²) in [6.45, 7) is 2.24. The molecule has 0 bridgehead atoms. The average molecular weight is 275 g/mol. The lowest BCUT2D eigenvalue weighted by molar-refractivity contribution is -0.124.